The largest absolute Gasteiger partial charge is 0.508 e. The molecule has 0 radical (unpaired) electrons. The van der Waals surface area contributed by atoms with E-state index in [4.69, 9.17) is 21.1 Å². The molecule has 0 aromatic heterocycles. The summed E-state index contributed by atoms with van der Waals surface area (Å²) in [4.78, 5) is 11.5. The maximum absolute atomic E-state index is 11.5. The third-order valence-electron chi connectivity index (χ3n) is 3.03. The lowest BCUT2D eigenvalue weighted by Crippen LogP contribution is -2.05. The van der Waals surface area contributed by atoms with Crippen LogP contribution in [0.4, 0.5) is 0 Å². The van der Waals surface area contributed by atoms with Crippen LogP contribution in [-0.4, -0.2) is 17.7 Å². The minimum Gasteiger partial charge on any atom is -0.508 e. The van der Waals surface area contributed by atoms with Crippen LogP contribution in [0.5, 0.6) is 17.2 Å². The van der Waals surface area contributed by atoms with Crippen molar-refractivity contribution >= 4 is 17.6 Å². The Morgan fingerprint density at radius 3 is 2.59 bits per heavy atom. The SMILES string of the molecule is CCOC(=O)CCc1c(O)cccc1Oc1ccc(Cl)cc1. The van der Waals surface area contributed by atoms with Crippen molar-refractivity contribution in [1.82, 2.24) is 0 Å². The van der Waals surface area contributed by atoms with Crippen LogP contribution in [0.3, 0.4) is 0 Å². The van der Waals surface area contributed by atoms with Gasteiger partial charge in [-0.1, -0.05) is 17.7 Å². The zero-order valence-corrected chi connectivity index (χ0v) is 13.0. The van der Waals surface area contributed by atoms with Gasteiger partial charge in [-0.05, 0) is 49.7 Å². The number of hydrogen-bond donors (Lipinski definition) is 1. The Labute approximate surface area is 134 Å². The van der Waals surface area contributed by atoms with E-state index in [9.17, 15) is 9.90 Å². The Hall–Kier alpha value is -2.20. The number of benzene rings is 2. The number of aromatic hydroxyl groups is 1. The molecule has 0 bridgehead atoms. The van der Waals surface area contributed by atoms with Crippen LogP contribution >= 0.6 is 11.6 Å². The van der Waals surface area contributed by atoms with Crippen molar-refractivity contribution in [1.29, 1.82) is 0 Å². The summed E-state index contributed by atoms with van der Waals surface area (Å²) in [6.45, 7) is 2.10. The second kappa shape index (κ2) is 7.71. The van der Waals surface area contributed by atoms with Gasteiger partial charge in [0.25, 0.3) is 0 Å². The van der Waals surface area contributed by atoms with Crippen LogP contribution in [0, 0.1) is 0 Å². The molecule has 5 heteroatoms. The van der Waals surface area contributed by atoms with Crippen molar-refractivity contribution in [3.63, 3.8) is 0 Å². The second-order valence-electron chi connectivity index (χ2n) is 4.61. The lowest BCUT2D eigenvalue weighted by atomic mass is 10.1. The van der Waals surface area contributed by atoms with Gasteiger partial charge in [0.1, 0.15) is 17.2 Å². The first-order valence-electron chi connectivity index (χ1n) is 7.00. The molecule has 116 valence electrons. The minimum absolute atomic E-state index is 0.0933. The summed E-state index contributed by atoms with van der Waals surface area (Å²) in [5, 5.41) is 10.6. The monoisotopic (exact) mass is 320 g/mol. The molecule has 4 nitrogen and oxygen atoms in total. The molecular weight excluding hydrogens is 304 g/mol. The summed E-state index contributed by atoms with van der Waals surface area (Å²) in [5.74, 6) is 0.901. The average molecular weight is 321 g/mol. The second-order valence-corrected chi connectivity index (χ2v) is 5.05. The van der Waals surface area contributed by atoms with Gasteiger partial charge in [0.05, 0.1) is 6.61 Å². The highest BCUT2D eigenvalue weighted by atomic mass is 35.5. The number of hydrogen-bond acceptors (Lipinski definition) is 4. The molecule has 0 aliphatic heterocycles. The van der Waals surface area contributed by atoms with E-state index in [1.165, 1.54) is 0 Å². The summed E-state index contributed by atoms with van der Waals surface area (Å²) >= 11 is 5.84. The molecule has 22 heavy (non-hydrogen) atoms. The molecule has 0 saturated heterocycles. The average Bonchev–Trinajstić information content (AvgIpc) is 2.49. The van der Waals surface area contributed by atoms with Gasteiger partial charge in [0, 0.05) is 17.0 Å². The van der Waals surface area contributed by atoms with Crippen molar-refractivity contribution in [2.45, 2.75) is 19.8 Å². The third kappa shape index (κ3) is 4.40. The minimum atomic E-state index is -0.303. The van der Waals surface area contributed by atoms with Crippen LogP contribution in [-0.2, 0) is 16.0 Å². The molecule has 0 saturated carbocycles. The number of ether oxygens (including phenoxy) is 2. The first-order chi connectivity index (χ1) is 10.6. The molecule has 0 heterocycles. The van der Waals surface area contributed by atoms with E-state index in [1.807, 2.05) is 0 Å². The third-order valence-corrected chi connectivity index (χ3v) is 3.29. The van der Waals surface area contributed by atoms with Crippen molar-refractivity contribution in [2.24, 2.45) is 0 Å². The van der Waals surface area contributed by atoms with Gasteiger partial charge in [-0.15, -0.1) is 0 Å². The number of halogens is 1. The van der Waals surface area contributed by atoms with Gasteiger partial charge in [0.15, 0.2) is 0 Å². The van der Waals surface area contributed by atoms with Gasteiger partial charge >= 0.3 is 5.97 Å². The highest BCUT2D eigenvalue weighted by molar-refractivity contribution is 6.30. The zero-order valence-electron chi connectivity index (χ0n) is 12.2. The topological polar surface area (TPSA) is 55.8 Å². The normalized spacial score (nSPS) is 10.3. The fourth-order valence-corrected chi connectivity index (χ4v) is 2.12. The van der Waals surface area contributed by atoms with E-state index in [2.05, 4.69) is 0 Å². The standard InChI is InChI=1S/C17H17ClO4/c1-2-21-17(20)11-10-14-15(19)4-3-5-16(14)22-13-8-6-12(18)7-9-13/h3-9,19H,2,10-11H2,1H3. The number of rotatable bonds is 6. The fraction of sp³-hybridized carbons (Fsp3) is 0.235. The Kier molecular flexibility index (Phi) is 5.67. The maximum Gasteiger partial charge on any atom is 0.306 e. The van der Waals surface area contributed by atoms with E-state index in [0.717, 1.165) is 0 Å². The Bertz CT molecular complexity index is 638. The predicted molar refractivity (Wildman–Crippen MR) is 84.6 cm³/mol. The van der Waals surface area contributed by atoms with Crippen LogP contribution < -0.4 is 4.74 Å². The highest BCUT2D eigenvalue weighted by Crippen LogP contribution is 2.32. The number of phenolic OH excluding ortho intramolecular Hbond substituents is 1. The van der Waals surface area contributed by atoms with E-state index in [-0.39, 0.29) is 18.1 Å². The molecule has 2 rings (SSSR count). The summed E-state index contributed by atoms with van der Waals surface area (Å²) in [6.07, 6.45) is 0.525. The molecule has 0 unspecified atom stereocenters. The number of carbonyl (C=O) groups excluding carboxylic acids is 1. The van der Waals surface area contributed by atoms with Gasteiger partial charge < -0.3 is 14.6 Å². The first-order valence-corrected chi connectivity index (χ1v) is 7.38. The molecule has 2 aromatic carbocycles. The maximum atomic E-state index is 11.5. The molecule has 0 fully saturated rings. The van der Waals surface area contributed by atoms with Gasteiger partial charge in [-0.25, -0.2) is 0 Å². The van der Waals surface area contributed by atoms with Crippen LogP contribution in [0.25, 0.3) is 0 Å². The quantitative estimate of drug-likeness (QED) is 0.805. The smallest absolute Gasteiger partial charge is 0.306 e. The predicted octanol–water partition coefficient (Wildman–Crippen LogP) is 4.33. The number of phenols is 1. The lowest BCUT2D eigenvalue weighted by Gasteiger charge is -2.12. The lowest BCUT2D eigenvalue weighted by molar-refractivity contribution is -0.143. The summed E-state index contributed by atoms with van der Waals surface area (Å²) < 4.78 is 10.7. The molecule has 1 N–H and O–H groups in total. The Morgan fingerprint density at radius 2 is 1.91 bits per heavy atom. The van der Waals surface area contributed by atoms with Crippen LogP contribution in [0.2, 0.25) is 5.02 Å². The molecule has 2 aromatic rings. The van der Waals surface area contributed by atoms with Crippen molar-refractivity contribution in [3.05, 3.63) is 53.1 Å². The van der Waals surface area contributed by atoms with Crippen LogP contribution in [0.15, 0.2) is 42.5 Å². The van der Waals surface area contributed by atoms with Crippen molar-refractivity contribution in [2.75, 3.05) is 6.61 Å². The van der Waals surface area contributed by atoms with Gasteiger partial charge in [0.2, 0.25) is 0 Å². The van der Waals surface area contributed by atoms with Crippen molar-refractivity contribution < 1.29 is 19.4 Å². The molecule has 0 aliphatic carbocycles. The van der Waals surface area contributed by atoms with Gasteiger partial charge in [-0.3, -0.25) is 4.79 Å². The van der Waals surface area contributed by atoms with Crippen LogP contribution in [0.1, 0.15) is 18.9 Å². The molecule has 0 aliphatic rings. The number of carbonyl (C=O) groups is 1. The number of esters is 1. The molecule has 0 atom stereocenters. The molecule has 0 amide bonds. The zero-order chi connectivity index (χ0) is 15.9. The van der Waals surface area contributed by atoms with Crippen molar-refractivity contribution in [3.8, 4) is 17.2 Å². The Balaban J connectivity index is 2.15. The fourth-order valence-electron chi connectivity index (χ4n) is 1.99. The highest BCUT2D eigenvalue weighted by Gasteiger charge is 2.12. The van der Waals surface area contributed by atoms with E-state index >= 15 is 0 Å². The summed E-state index contributed by atoms with van der Waals surface area (Å²) in [6, 6.07) is 11.9. The molecule has 0 spiro atoms. The first kappa shape index (κ1) is 16.2. The van der Waals surface area contributed by atoms with Gasteiger partial charge in [-0.2, -0.15) is 0 Å². The van der Waals surface area contributed by atoms with E-state index in [0.29, 0.717) is 35.1 Å². The molecular formula is C17H17ClO4. The van der Waals surface area contributed by atoms with E-state index < -0.39 is 0 Å². The van der Waals surface area contributed by atoms with E-state index in [1.54, 1.807) is 49.4 Å². The summed E-state index contributed by atoms with van der Waals surface area (Å²) in [5.41, 5.74) is 0.575. The Morgan fingerprint density at radius 1 is 1.18 bits per heavy atom. The summed E-state index contributed by atoms with van der Waals surface area (Å²) in [7, 11) is 0.